The molecule has 247 valence electrons. The standard InChI is InChI=1S/5C6H12O2.CH3/c5*1-2-3-4-5-6(7)8;/h5*2-5H2,1H3,(H,7,8);1H3. The van der Waals surface area contributed by atoms with Gasteiger partial charge in [-0.15, -0.1) is 0 Å². The SMILES string of the molecule is CCCCCC(=O)O.CCCCCC(=O)O.CCCCCC(=O)O.CCCCCC(=O)O.CCCCCC(=O)O.[CH3]. The molecule has 10 heteroatoms. The van der Waals surface area contributed by atoms with Gasteiger partial charge in [0.1, 0.15) is 0 Å². The minimum absolute atomic E-state index is 0. The maximum atomic E-state index is 9.87. The van der Waals surface area contributed by atoms with Crippen LogP contribution in [0, 0.1) is 7.43 Å². The Bertz CT molecular complexity index is 461. The lowest BCUT2D eigenvalue weighted by atomic mass is 10.2. The fraction of sp³-hybridized carbons (Fsp3) is 0.806. The van der Waals surface area contributed by atoms with Crippen LogP contribution in [0.3, 0.4) is 0 Å². The van der Waals surface area contributed by atoms with Gasteiger partial charge in [-0.05, 0) is 32.1 Å². The van der Waals surface area contributed by atoms with Gasteiger partial charge in [0.2, 0.25) is 0 Å². The lowest BCUT2D eigenvalue weighted by Crippen LogP contribution is -1.92. The molecule has 10 nitrogen and oxygen atoms in total. The van der Waals surface area contributed by atoms with Crippen LogP contribution in [0.1, 0.15) is 163 Å². The van der Waals surface area contributed by atoms with Crippen molar-refractivity contribution in [3.63, 3.8) is 0 Å². The highest BCUT2D eigenvalue weighted by atomic mass is 16.4. The summed E-state index contributed by atoms with van der Waals surface area (Å²) >= 11 is 0. The van der Waals surface area contributed by atoms with Crippen LogP contribution >= 0.6 is 0 Å². The average molecular weight is 596 g/mol. The van der Waals surface area contributed by atoms with Crippen molar-refractivity contribution in [2.24, 2.45) is 0 Å². The van der Waals surface area contributed by atoms with Gasteiger partial charge in [0.15, 0.2) is 0 Å². The van der Waals surface area contributed by atoms with E-state index < -0.39 is 29.8 Å². The molecule has 1 radical (unpaired) electrons. The molecule has 0 spiro atoms. The van der Waals surface area contributed by atoms with Crippen LogP contribution in [0.4, 0.5) is 0 Å². The minimum Gasteiger partial charge on any atom is -0.481 e. The molecule has 0 unspecified atom stereocenters. The molecule has 0 aliphatic rings. The van der Waals surface area contributed by atoms with Crippen molar-refractivity contribution < 1.29 is 49.5 Å². The number of unbranched alkanes of at least 4 members (excludes halogenated alkanes) is 10. The van der Waals surface area contributed by atoms with Crippen LogP contribution < -0.4 is 0 Å². The number of carboxylic acid groups (broad SMARTS) is 5. The Morgan fingerprint density at radius 3 is 0.512 bits per heavy atom. The molecule has 0 amide bonds. The Labute approximate surface area is 249 Å². The van der Waals surface area contributed by atoms with E-state index in [-0.39, 0.29) is 7.43 Å². The van der Waals surface area contributed by atoms with E-state index in [1.54, 1.807) is 0 Å². The molecular formula is C31H63O10. The molecule has 0 aromatic carbocycles. The normalized spacial score (nSPS) is 8.90. The monoisotopic (exact) mass is 595 g/mol. The molecule has 0 aliphatic carbocycles. The molecule has 0 bridgehead atoms. The first-order valence-corrected chi connectivity index (χ1v) is 14.9. The summed E-state index contributed by atoms with van der Waals surface area (Å²) in [5, 5.41) is 40.7. The number of carbonyl (C=O) groups is 5. The Morgan fingerprint density at radius 1 is 0.317 bits per heavy atom. The summed E-state index contributed by atoms with van der Waals surface area (Å²) in [5.41, 5.74) is 0. The highest BCUT2D eigenvalue weighted by molar-refractivity contribution is 5.67. The second-order valence-corrected chi connectivity index (χ2v) is 9.25. The fourth-order valence-electron chi connectivity index (χ4n) is 2.63. The zero-order valence-electron chi connectivity index (χ0n) is 26.9. The van der Waals surface area contributed by atoms with Crippen molar-refractivity contribution in [1.82, 2.24) is 0 Å². The zero-order chi connectivity index (χ0) is 32.0. The van der Waals surface area contributed by atoms with Gasteiger partial charge < -0.3 is 25.5 Å². The summed E-state index contributed by atoms with van der Waals surface area (Å²) < 4.78 is 0. The van der Waals surface area contributed by atoms with Crippen LogP contribution in [-0.2, 0) is 24.0 Å². The van der Waals surface area contributed by atoms with E-state index in [9.17, 15) is 24.0 Å². The van der Waals surface area contributed by atoms with Gasteiger partial charge in [0.05, 0.1) is 0 Å². The molecular weight excluding hydrogens is 532 g/mol. The summed E-state index contributed by atoms with van der Waals surface area (Å²) in [5.74, 6) is -3.41. The predicted octanol–water partition coefficient (Wildman–Crippen LogP) is 8.71. The van der Waals surface area contributed by atoms with Gasteiger partial charge in [-0.2, -0.15) is 0 Å². The highest BCUT2D eigenvalue weighted by Gasteiger charge is 1.95. The lowest BCUT2D eigenvalue weighted by Gasteiger charge is -1.89. The number of hydrogen-bond donors (Lipinski definition) is 5. The molecule has 0 atom stereocenters. The second-order valence-electron chi connectivity index (χ2n) is 9.25. The molecule has 0 fully saturated rings. The first-order chi connectivity index (χ1) is 18.9. The Balaban J connectivity index is -0.0000000928. The molecule has 0 saturated carbocycles. The van der Waals surface area contributed by atoms with Crippen LogP contribution in [-0.4, -0.2) is 55.4 Å². The number of hydrogen-bond acceptors (Lipinski definition) is 5. The van der Waals surface area contributed by atoms with E-state index in [1.807, 2.05) is 0 Å². The van der Waals surface area contributed by atoms with E-state index >= 15 is 0 Å². The zero-order valence-corrected chi connectivity index (χ0v) is 26.9. The first kappa shape index (κ1) is 51.1. The average Bonchev–Trinajstić information content (AvgIpc) is 2.86. The second kappa shape index (κ2) is 47.2. The number of carboxylic acids is 5. The van der Waals surface area contributed by atoms with Gasteiger partial charge in [-0.1, -0.05) is 106 Å². The van der Waals surface area contributed by atoms with Gasteiger partial charge >= 0.3 is 29.8 Å². The van der Waals surface area contributed by atoms with Crippen LogP contribution in [0.5, 0.6) is 0 Å². The van der Waals surface area contributed by atoms with Gasteiger partial charge in [0.25, 0.3) is 0 Å². The van der Waals surface area contributed by atoms with E-state index in [0.717, 1.165) is 96.3 Å². The molecule has 0 rings (SSSR count). The van der Waals surface area contributed by atoms with Gasteiger partial charge in [-0.25, -0.2) is 0 Å². The van der Waals surface area contributed by atoms with Crippen LogP contribution in [0.25, 0.3) is 0 Å². The van der Waals surface area contributed by atoms with E-state index in [1.165, 1.54) is 0 Å². The van der Waals surface area contributed by atoms with Crippen molar-refractivity contribution in [3.8, 4) is 0 Å². The number of rotatable bonds is 20. The maximum absolute atomic E-state index is 9.87. The van der Waals surface area contributed by atoms with Gasteiger partial charge in [0, 0.05) is 32.1 Å². The fourth-order valence-corrected chi connectivity index (χ4v) is 2.63. The smallest absolute Gasteiger partial charge is 0.303 e. The Morgan fingerprint density at radius 2 is 0.439 bits per heavy atom. The molecule has 5 N–H and O–H groups in total. The topological polar surface area (TPSA) is 186 Å². The Kier molecular flexibility index (Phi) is 58.8. The summed E-state index contributed by atoms with van der Waals surface area (Å²) in [6.07, 6.45) is 16.4. The molecule has 0 aromatic heterocycles. The largest absolute Gasteiger partial charge is 0.481 e. The lowest BCUT2D eigenvalue weighted by molar-refractivity contribution is -0.138. The quantitative estimate of drug-likeness (QED) is 0.0851. The molecule has 0 heterocycles. The molecule has 0 saturated heterocycles. The third kappa shape index (κ3) is 93.4. The summed E-state index contributed by atoms with van der Waals surface area (Å²) in [7, 11) is 0. The third-order valence-corrected chi connectivity index (χ3v) is 4.97. The van der Waals surface area contributed by atoms with Crippen LogP contribution in [0.15, 0.2) is 0 Å². The van der Waals surface area contributed by atoms with Crippen molar-refractivity contribution in [2.45, 2.75) is 163 Å². The summed E-state index contributed by atoms with van der Waals surface area (Å²) in [6, 6.07) is 0. The molecule has 41 heavy (non-hydrogen) atoms. The van der Waals surface area contributed by atoms with E-state index in [0.29, 0.717) is 32.1 Å². The maximum Gasteiger partial charge on any atom is 0.303 e. The van der Waals surface area contributed by atoms with Crippen molar-refractivity contribution in [3.05, 3.63) is 7.43 Å². The molecule has 0 aromatic rings. The van der Waals surface area contributed by atoms with Crippen molar-refractivity contribution in [1.29, 1.82) is 0 Å². The summed E-state index contributed by atoms with van der Waals surface area (Å²) in [4.78, 5) is 49.4. The highest BCUT2D eigenvalue weighted by Crippen LogP contribution is 1.99. The summed E-state index contributed by atoms with van der Waals surface area (Å²) in [6.45, 7) is 10.3. The minimum atomic E-state index is -0.682. The van der Waals surface area contributed by atoms with Gasteiger partial charge in [-0.3, -0.25) is 24.0 Å². The molecule has 0 aliphatic heterocycles. The first-order valence-electron chi connectivity index (χ1n) is 14.9. The predicted molar refractivity (Wildman–Crippen MR) is 165 cm³/mol. The third-order valence-electron chi connectivity index (χ3n) is 4.97. The van der Waals surface area contributed by atoms with E-state index in [2.05, 4.69) is 34.6 Å². The number of aliphatic carboxylic acids is 5. The van der Waals surface area contributed by atoms with Crippen molar-refractivity contribution in [2.75, 3.05) is 0 Å². The van der Waals surface area contributed by atoms with E-state index in [4.69, 9.17) is 25.5 Å². The van der Waals surface area contributed by atoms with Crippen molar-refractivity contribution >= 4 is 29.8 Å². The Hall–Kier alpha value is -2.65. The van der Waals surface area contributed by atoms with Crippen LogP contribution in [0.2, 0.25) is 0 Å².